The summed E-state index contributed by atoms with van der Waals surface area (Å²) >= 11 is 0. The molecule has 1 unspecified atom stereocenters. The molecule has 0 radical (unpaired) electrons. The van der Waals surface area contributed by atoms with Crippen LogP contribution in [0.2, 0.25) is 0 Å². The van der Waals surface area contributed by atoms with E-state index in [-0.39, 0.29) is 0 Å². The van der Waals surface area contributed by atoms with Crippen molar-refractivity contribution in [3.63, 3.8) is 0 Å². The fourth-order valence-corrected chi connectivity index (χ4v) is 1.72. The van der Waals surface area contributed by atoms with Crippen molar-refractivity contribution in [1.29, 1.82) is 0 Å². The molecule has 0 aliphatic rings. The Labute approximate surface area is 90.6 Å². The second-order valence-electron chi connectivity index (χ2n) is 2.80. The van der Waals surface area contributed by atoms with Crippen LogP contribution < -0.4 is 4.72 Å². The first-order valence-corrected chi connectivity index (χ1v) is 5.65. The fraction of sp³-hybridized carbons (Fsp3) is 0.333. The SMILES string of the molecule is CNS(=O)Cc1cccc([N+](=O)OC)c1. The fourth-order valence-electron chi connectivity index (χ4n) is 1.09. The molecule has 6 heteroatoms. The zero-order valence-electron chi connectivity index (χ0n) is 8.60. The zero-order valence-corrected chi connectivity index (χ0v) is 9.41. The van der Waals surface area contributed by atoms with E-state index in [0.29, 0.717) is 16.4 Å². The molecule has 5 nitrogen and oxygen atoms in total. The van der Waals surface area contributed by atoms with Gasteiger partial charge in [-0.05, 0) is 12.6 Å². The minimum Gasteiger partial charge on any atom is -0.243 e. The molecule has 1 N–H and O–H groups in total. The highest BCUT2D eigenvalue weighted by Gasteiger charge is 2.14. The van der Waals surface area contributed by atoms with E-state index < -0.39 is 11.0 Å². The van der Waals surface area contributed by atoms with Crippen molar-refractivity contribution in [3.8, 4) is 0 Å². The van der Waals surface area contributed by atoms with Crippen molar-refractivity contribution in [2.24, 2.45) is 0 Å². The van der Waals surface area contributed by atoms with E-state index in [4.69, 9.17) is 0 Å². The summed E-state index contributed by atoms with van der Waals surface area (Å²) in [4.78, 5) is 16.0. The van der Waals surface area contributed by atoms with E-state index in [1.807, 2.05) is 6.07 Å². The summed E-state index contributed by atoms with van der Waals surface area (Å²) in [7, 11) is 1.80. The normalized spacial score (nSPS) is 12.1. The molecule has 0 spiro atoms. The molecule has 0 aromatic heterocycles. The quantitative estimate of drug-likeness (QED) is 0.767. The molecular formula is C9H13N2O3S+. The highest BCUT2D eigenvalue weighted by molar-refractivity contribution is 7.82. The molecule has 1 aromatic carbocycles. The largest absolute Gasteiger partial charge is 0.317 e. The molecule has 1 rings (SSSR count). The first-order valence-electron chi connectivity index (χ1n) is 4.33. The molecule has 0 aliphatic heterocycles. The molecule has 0 saturated carbocycles. The monoisotopic (exact) mass is 229 g/mol. The summed E-state index contributed by atoms with van der Waals surface area (Å²) in [5, 5.41) is 0. The Morgan fingerprint density at radius 3 is 2.87 bits per heavy atom. The average Bonchev–Trinajstić information content (AvgIpc) is 2.28. The summed E-state index contributed by atoms with van der Waals surface area (Å²) in [6.07, 6.45) is 0. The molecule has 0 amide bonds. The van der Waals surface area contributed by atoms with Crippen LogP contribution in [0, 0.1) is 4.91 Å². The summed E-state index contributed by atoms with van der Waals surface area (Å²) in [6, 6.07) is 6.80. The maximum atomic E-state index is 11.2. The van der Waals surface area contributed by atoms with Crippen LogP contribution in [-0.2, 0) is 21.6 Å². The Balaban J connectivity index is 2.83. The van der Waals surface area contributed by atoms with Crippen LogP contribution in [0.1, 0.15) is 5.56 Å². The minimum absolute atomic E-state index is 0.363. The number of hydrogen-bond acceptors (Lipinski definition) is 3. The smallest absolute Gasteiger partial charge is 0.243 e. The lowest BCUT2D eigenvalue weighted by atomic mass is 10.2. The Hall–Kier alpha value is -1.27. The third-order valence-corrected chi connectivity index (χ3v) is 2.86. The Morgan fingerprint density at radius 1 is 1.53 bits per heavy atom. The lowest BCUT2D eigenvalue weighted by molar-refractivity contribution is -0.736. The van der Waals surface area contributed by atoms with Gasteiger partial charge in [-0.15, -0.1) is 0 Å². The van der Waals surface area contributed by atoms with Gasteiger partial charge in [0.2, 0.25) is 0 Å². The maximum absolute atomic E-state index is 11.2. The van der Waals surface area contributed by atoms with Crippen molar-refractivity contribution >= 4 is 16.7 Å². The Bertz CT molecular complexity index is 381. The highest BCUT2D eigenvalue weighted by atomic mass is 32.2. The number of nitrogens with one attached hydrogen (secondary N) is 1. The van der Waals surface area contributed by atoms with Crippen molar-refractivity contribution in [2.45, 2.75) is 5.75 Å². The van der Waals surface area contributed by atoms with Gasteiger partial charge in [0.15, 0.2) is 7.11 Å². The molecule has 82 valence electrons. The van der Waals surface area contributed by atoms with Gasteiger partial charge in [0, 0.05) is 12.1 Å². The van der Waals surface area contributed by atoms with E-state index >= 15 is 0 Å². The van der Waals surface area contributed by atoms with Gasteiger partial charge in [0.05, 0.1) is 21.6 Å². The van der Waals surface area contributed by atoms with Crippen molar-refractivity contribution in [1.82, 2.24) is 4.72 Å². The molecular weight excluding hydrogens is 216 g/mol. The maximum Gasteiger partial charge on any atom is 0.317 e. The van der Waals surface area contributed by atoms with Crippen molar-refractivity contribution in [3.05, 3.63) is 34.7 Å². The van der Waals surface area contributed by atoms with Crippen LogP contribution in [0.4, 0.5) is 5.69 Å². The van der Waals surface area contributed by atoms with Gasteiger partial charge in [-0.1, -0.05) is 12.1 Å². The summed E-state index contributed by atoms with van der Waals surface area (Å²) in [5.74, 6) is 0.363. The third-order valence-electron chi connectivity index (χ3n) is 1.81. The predicted octanol–water partition coefficient (Wildman–Crippen LogP) is 1.04. The van der Waals surface area contributed by atoms with Gasteiger partial charge in [-0.2, -0.15) is 0 Å². The van der Waals surface area contributed by atoms with Crippen LogP contribution in [0.25, 0.3) is 0 Å². The lowest BCUT2D eigenvalue weighted by Gasteiger charge is -1.99. The van der Waals surface area contributed by atoms with Crippen LogP contribution in [0.15, 0.2) is 24.3 Å². The van der Waals surface area contributed by atoms with Crippen molar-refractivity contribution < 1.29 is 14.0 Å². The van der Waals surface area contributed by atoms with Crippen LogP contribution in [0.5, 0.6) is 0 Å². The predicted molar refractivity (Wildman–Crippen MR) is 57.6 cm³/mol. The van der Waals surface area contributed by atoms with Gasteiger partial charge in [0.1, 0.15) is 0 Å². The Morgan fingerprint density at radius 2 is 2.27 bits per heavy atom. The van der Waals surface area contributed by atoms with E-state index in [1.54, 1.807) is 25.2 Å². The topological polar surface area (TPSA) is 58.4 Å². The van der Waals surface area contributed by atoms with Gasteiger partial charge in [-0.3, -0.25) is 0 Å². The number of hydrogen-bond donors (Lipinski definition) is 1. The summed E-state index contributed by atoms with van der Waals surface area (Å²) in [5.41, 5.74) is 1.21. The molecule has 0 bridgehead atoms. The second kappa shape index (κ2) is 5.57. The van der Waals surface area contributed by atoms with E-state index in [1.165, 1.54) is 7.11 Å². The molecule has 15 heavy (non-hydrogen) atoms. The second-order valence-corrected chi connectivity index (χ2v) is 4.19. The molecule has 0 fully saturated rings. The van der Waals surface area contributed by atoms with Gasteiger partial charge in [-0.25, -0.2) is 13.8 Å². The van der Waals surface area contributed by atoms with Crippen LogP contribution in [0.3, 0.4) is 0 Å². The standard InChI is InChI=1S/C9H13N2O3S/c1-10-15(13)7-8-4-3-5-9(6-8)11(12)14-2/h3-6,10H,7H2,1-2H3/q+1. The number of rotatable bonds is 5. The Kier molecular flexibility index (Phi) is 4.38. The molecule has 0 heterocycles. The van der Waals surface area contributed by atoms with E-state index in [2.05, 4.69) is 9.56 Å². The van der Waals surface area contributed by atoms with Crippen LogP contribution >= 0.6 is 0 Å². The molecule has 0 aliphatic carbocycles. The van der Waals surface area contributed by atoms with Crippen LogP contribution in [-0.4, -0.2) is 23.3 Å². The highest BCUT2D eigenvalue weighted by Crippen LogP contribution is 2.14. The number of benzene rings is 1. The average molecular weight is 229 g/mol. The van der Waals surface area contributed by atoms with Gasteiger partial charge < -0.3 is 0 Å². The minimum atomic E-state index is -1.11. The van der Waals surface area contributed by atoms with Gasteiger partial charge in [0.25, 0.3) is 4.92 Å². The lowest BCUT2D eigenvalue weighted by Crippen LogP contribution is -2.12. The van der Waals surface area contributed by atoms with E-state index in [0.717, 1.165) is 5.56 Å². The molecule has 1 atom stereocenters. The first kappa shape index (κ1) is 11.8. The zero-order chi connectivity index (χ0) is 11.3. The first-order chi connectivity index (χ1) is 7.17. The summed E-state index contributed by atoms with van der Waals surface area (Å²) in [6.45, 7) is 0. The third kappa shape index (κ3) is 3.41. The summed E-state index contributed by atoms with van der Waals surface area (Å²) < 4.78 is 13.8. The van der Waals surface area contributed by atoms with Crippen molar-refractivity contribution in [2.75, 3.05) is 14.2 Å². The molecule has 0 saturated heterocycles. The number of nitrogens with zero attached hydrogens (tertiary/aromatic N) is 1. The van der Waals surface area contributed by atoms with E-state index in [9.17, 15) is 9.12 Å². The van der Waals surface area contributed by atoms with Gasteiger partial charge >= 0.3 is 5.69 Å². The molecule has 1 aromatic rings.